The van der Waals surface area contributed by atoms with Crippen LogP contribution in [0.4, 0.5) is 18.9 Å². The van der Waals surface area contributed by atoms with E-state index >= 15 is 0 Å². The number of nitrogens with two attached hydrogens (primary N) is 1. The molecule has 1 saturated carbocycles. The predicted molar refractivity (Wildman–Crippen MR) is 108 cm³/mol. The lowest BCUT2D eigenvalue weighted by molar-refractivity contribution is -0.137. The number of halogens is 3. The lowest BCUT2D eigenvalue weighted by Crippen LogP contribution is -2.31. The van der Waals surface area contributed by atoms with Crippen molar-refractivity contribution in [1.82, 2.24) is 0 Å². The molecule has 0 spiro atoms. The Morgan fingerprint density at radius 3 is 2.27 bits per heavy atom. The van der Waals surface area contributed by atoms with E-state index in [0.717, 1.165) is 24.0 Å². The summed E-state index contributed by atoms with van der Waals surface area (Å²) in [4.78, 5) is 12.4. The molecule has 1 aliphatic rings. The van der Waals surface area contributed by atoms with Crippen LogP contribution in [-0.2, 0) is 21.0 Å². The van der Waals surface area contributed by atoms with E-state index in [1.54, 1.807) is 25.1 Å². The van der Waals surface area contributed by atoms with Gasteiger partial charge in [-0.3, -0.25) is 9.52 Å². The number of nitrogens with one attached hydrogen (secondary N) is 1. The molecule has 9 heteroatoms. The zero-order chi connectivity index (χ0) is 22.5. The highest BCUT2D eigenvalue weighted by atomic mass is 32.2. The van der Waals surface area contributed by atoms with Crippen LogP contribution in [0.25, 0.3) is 0 Å². The number of hydrogen-bond donors (Lipinski definition) is 2. The van der Waals surface area contributed by atoms with E-state index < -0.39 is 33.1 Å². The van der Waals surface area contributed by atoms with Crippen LogP contribution < -0.4 is 10.5 Å². The molecule has 0 radical (unpaired) electrons. The van der Waals surface area contributed by atoms with Gasteiger partial charge in [0.2, 0.25) is 15.9 Å². The van der Waals surface area contributed by atoms with Gasteiger partial charge in [0.15, 0.2) is 0 Å². The molecule has 162 valence electrons. The maximum atomic E-state index is 12.8. The molecule has 3 rings (SSSR count). The first-order valence-electron chi connectivity index (χ1n) is 9.31. The van der Waals surface area contributed by atoms with E-state index in [1.807, 2.05) is 6.92 Å². The Morgan fingerprint density at radius 2 is 1.80 bits per heavy atom. The molecule has 2 aromatic carbocycles. The van der Waals surface area contributed by atoms with Crippen molar-refractivity contribution in [2.45, 2.75) is 38.3 Å². The number of carbonyl (C=O) groups excluding carboxylic acids is 1. The van der Waals surface area contributed by atoms with Crippen molar-refractivity contribution in [2.24, 2.45) is 11.1 Å². The van der Waals surface area contributed by atoms with Crippen LogP contribution in [0.5, 0.6) is 0 Å². The van der Waals surface area contributed by atoms with Crippen LogP contribution in [-0.4, -0.2) is 20.6 Å². The number of rotatable bonds is 6. The van der Waals surface area contributed by atoms with Crippen LogP contribution in [0.1, 0.15) is 47.4 Å². The number of hydrogen-bond acceptors (Lipinski definition) is 3. The van der Waals surface area contributed by atoms with Crippen molar-refractivity contribution in [1.29, 1.82) is 0 Å². The maximum Gasteiger partial charge on any atom is 0.416 e. The number of primary amides is 1. The Hall–Kier alpha value is -2.55. The molecule has 0 saturated heterocycles. The first kappa shape index (κ1) is 22.1. The second-order valence-electron chi connectivity index (χ2n) is 7.95. The highest BCUT2D eigenvalue weighted by molar-refractivity contribution is 7.92. The molecular formula is C21H23F3N2O3S. The standard InChI is InChI=1S/C21H23F3N2O3S/c1-12-10-15(6-9-18(12)26-30(3,28)29)13(2)20(19(25)27)11-17(20)14-4-7-16(8-5-14)21(22,23)24/h4-10,13,17,26H,11H2,1-3H3,(H2,25,27)/t13?,17?,20-/m1/s1. The molecule has 1 fully saturated rings. The molecule has 2 unspecified atom stereocenters. The summed E-state index contributed by atoms with van der Waals surface area (Å²) in [5.41, 5.74) is 6.67. The van der Waals surface area contributed by atoms with Gasteiger partial charge in [0.05, 0.1) is 22.9 Å². The second-order valence-corrected chi connectivity index (χ2v) is 9.70. The second kappa shape index (κ2) is 7.30. The average Bonchev–Trinajstić information content (AvgIpc) is 3.38. The minimum absolute atomic E-state index is 0.276. The molecule has 1 aliphatic carbocycles. The summed E-state index contributed by atoms with van der Waals surface area (Å²) in [7, 11) is -3.43. The van der Waals surface area contributed by atoms with Gasteiger partial charge in [-0.2, -0.15) is 13.2 Å². The first-order valence-corrected chi connectivity index (χ1v) is 11.2. The topological polar surface area (TPSA) is 89.3 Å². The largest absolute Gasteiger partial charge is 0.416 e. The van der Waals surface area contributed by atoms with Gasteiger partial charge in [-0.15, -0.1) is 0 Å². The number of amides is 1. The number of sulfonamides is 1. The Labute approximate surface area is 173 Å². The zero-order valence-electron chi connectivity index (χ0n) is 16.7. The van der Waals surface area contributed by atoms with Crippen molar-refractivity contribution >= 4 is 21.6 Å². The fourth-order valence-electron chi connectivity index (χ4n) is 4.13. The van der Waals surface area contributed by atoms with Crippen LogP contribution in [0.15, 0.2) is 42.5 Å². The van der Waals surface area contributed by atoms with E-state index in [1.165, 1.54) is 12.1 Å². The quantitative estimate of drug-likeness (QED) is 0.707. The van der Waals surface area contributed by atoms with Crippen molar-refractivity contribution in [3.8, 4) is 0 Å². The predicted octanol–water partition coefficient (Wildman–Crippen LogP) is 4.15. The van der Waals surface area contributed by atoms with Gasteiger partial charge >= 0.3 is 6.18 Å². The summed E-state index contributed by atoms with van der Waals surface area (Å²) in [6, 6.07) is 9.99. The minimum Gasteiger partial charge on any atom is -0.369 e. The normalized spacial score (nSPS) is 22.4. The van der Waals surface area contributed by atoms with Gasteiger partial charge in [0.1, 0.15) is 0 Å². The monoisotopic (exact) mass is 440 g/mol. The molecule has 5 nitrogen and oxygen atoms in total. The van der Waals surface area contributed by atoms with E-state index in [4.69, 9.17) is 5.73 Å². The summed E-state index contributed by atoms with van der Waals surface area (Å²) in [6.07, 6.45) is -2.92. The zero-order valence-corrected chi connectivity index (χ0v) is 17.6. The summed E-state index contributed by atoms with van der Waals surface area (Å²) in [5.74, 6) is -1.08. The molecule has 0 bridgehead atoms. The summed E-state index contributed by atoms with van der Waals surface area (Å²) in [5, 5.41) is 0. The highest BCUT2D eigenvalue weighted by Crippen LogP contribution is 2.66. The molecule has 3 N–H and O–H groups in total. The Kier molecular flexibility index (Phi) is 5.39. The lowest BCUT2D eigenvalue weighted by atomic mass is 9.80. The summed E-state index contributed by atoms with van der Waals surface area (Å²) in [6.45, 7) is 3.61. The molecule has 0 aromatic heterocycles. The van der Waals surface area contributed by atoms with Crippen molar-refractivity contribution in [3.63, 3.8) is 0 Å². The van der Waals surface area contributed by atoms with E-state index in [0.29, 0.717) is 23.2 Å². The number of alkyl halides is 3. The Bertz CT molecular complexity index is 1080. The van der Waals surface area contributed by atoms with Gasteiger partial charge in [0, 0.05) is 0 Å². The summed E-state index contributed by atoms with van der Waals surface area (Å²) < 4.78 is 63.8. The first-order chi connectivity index (χ1) is 13.8. The molecular weight excluding hydrogens is 417 g/mol. The third-order valence-corrected chi connectivity index (χ3v) is 6.51. The molecule has 0 heterocycles. The highest BCUT2D eigenvalue weighted by Gasteiger charge is 2.62. The van der Waals surface area contributed by atoms with Gasteiger partial charge < -0.3 is 5.73 Å². The molecule has 2 aromatic rings. The minimum atomic E-state index is -4.42. The lowest BCUT2D eigenvalue weighted by Gasteiger charge is -2.24. The van der Waals surface area contributed by atoms with Gasteiger partial charge in [0.25, 0.3) is 0 Å². The van der Waals surface area contributed by atoms with Gasteiger partial charge in [-0.05, 0) is 60.1 Å². The van der Waals surface area contributed by atoms with Crippen LogP contribution in [0.3, 0.4) is 0 Å². The molecule has 30 heavy (non-hydrogen) atoms. The average molecular weight is 440 g/mol. The smallest absolute Gasteiger partial charge is 0.369 e. The fourth-order valence-corrected chi connectivity index (χ4v) is 4.76. The van der Waals surface area contributed by atoms with E-state index in [-0.39, 0.29) is 11.8 Å². The third-order valence-electron chi connectivity index (χ3n) is 5.92. The SMILES string of the molecule is Cc1cc(C(C)[C@]2(C(N)=O)CC2c2ccc(C(F)(F)F)cc2)ccc1NS(C)(=O)=O. The number of anilines is 1. The third kappa shape index (κ3) is 4.16. The number of benzene rings is 2. The van der Waals surface area contributed by atoms with Gasteiger partial charge in [-0.1, -0.05) is 31.2 Å². The van der Waals surface area contributed by atoms with Crippen molar-refractivity contribution in [2.75, 3.05) is 11.0 Å². The van der Waals surface area contributed by atoms with Crippen LogP contribution in [0.2, 0.25) is 0 Å². The Morgan fingerprint density at radius 1 is 1.20 bits per heavy atom. The Balaban J connectivity index is 1.89. The van der Waals surface area contributed by atoms with Gasteiger partial charge in [-0.25, -0.2) is 8.42 Å². The molecule has 0 aliphatic heterocycles. The fraction of sp³-hybridized carbons (Fsp3) is 0.381. The van der Waals surface area contributed by atoms with Crippen molar-refractivity contribution in [3.05, 3.63) is 64.7 Å². The summed E-state index contributed by atoms with van der Waals surface area (Å²) >= 11 is 0. The van der Waals surface area contributed by atoms with E-state index in [2.05, 4.69) is 4.72 Å². The molecule has 3 atom stereocenters. The maximum absolute atomic E-state index is 12.8. The van der Waals surface area contributed by atoms with Crippen LogP contribution >= 0.6 is 0 Å². The van der Waals surface area contributed by atoms with Crippen molar-refractivity contribution < 1.29 is 26.4 Å². The van der Waals surface area contributed by atoms with E-state index in [9.17, 15) is 26.4 Å². The number of aryl methyl sites for hydroxylation is 1. The van der Waals surface area contributed by atoms with Crippen LogP contribution in [0, 0.1) is 12.3 Å². The molecule has 1 amide bonds. The number of carbonyl (C=O) groups is 1.